The minimum absolute atomic E-state index is 0.324. The molecule has 3 heterocycles. The molecule has 8 heteroatoms. The molecule has 3 aromatic rings. The number of aromatic nitrogens is 1. The van der Waals surface area contributed by atoms with E-state index in [0.29, 0.717) is 31.2 Å². The third-order valence-electron chi connectivity index (χ3n) is 7.56. The van der Waals surface area contributed by atoms with Crippen LogP contribution < -0.4 is 4.90 Å². The molecule has 0 radical (unpaired) electrons. The van der Waals surface area contributed by atoms with Crippen LogP contribution in [0.25, 0.3) is 5.69 Å². The molecular formula is C29H36N4O3S. The molecule has 2 aromatic carbocycles. The lowest BCUT2D eigenvalue weighted by Gasteiger charge is -2.28. The molecule has 1 aromatic heterocycles. The number of aliphatic imine (C=N–C) groups is 1. The molecule has 0 unspecified atom stereocenters. The van der Waals surface area contributed by atoms with Gasteiger partial charge >= 0.3 is 0 Å². The average Bonchev–Trinajstić information content (AvgIpc) is 3.53. The normalized spacial score (nSPS) is 17.2. The van der Waals surface area contributed by atoms with E-state index in [4.69, 9.17) is 9.73 Å². The molecular weight excluding hydrogens is 484 g/mol. The summed E-state index contributed by atoms with van der Waals surface area (Å²) in [6.07, 6.45) is 4.20. The number of morpholine rings is 1. The highest BCUT2D eigenvalue weighted by atomic mass is 32.2. The summed E-state index contributed by atoms with van der Waals surface area (Å²) in [5.41, 5.74) is 8.45. The monoisotopic (exact) mass is 520 g/mol. The van der Waals surface area contributed by atoms with Crippen LogP contribution in [0, 0.1) is 27.7 Å². The van der Waals surface area contributed by atoms with Gasteiger partial charge in [0.2, 0.25) is 10.0 Å². The van der Waals surface area contributed by atoms with E-state index in [1.807, 2.05) is 24.4 Å². The van der Waals surface area contributed by atoms with Gasteiger partial charge in [0.1, 0.15) is 0 Å². The van der Waals surface area contributed by atoms with Crippen molar-refractivity contribution in [2.24, 2.45) is 4.99 Å². The van der Waals surface area contributed by atoms with Crippen molar-refractivity contribution in [1.29, 1.82) is 0 Å². The highest BCUT2D eigenvalue weighted by molar-refractivity contribution is 7.89. The highest BCUT2D eigenvalue weighted by Gasteiger charge is 2.28. The zero-order valence-electron chi connectivity index (χ0n) is 22.2. The average molecular weight is 521 g/mol. The smallest absolute Gasteiger partial charge is 0.243 e. The van der Waals surface area contributed by atoms with Gasteiger partial charge in [-0.25, -0.2) is 8.42 Å². The second-order valence-electron chi connectivity index (χ2n) is 10.0. The van der Waals surface area contributed by atoms with Gasteiger partial charge in [0.25, 0.3) is 0 Å². The maximum absolute atomic E-state index is 13.5. The summed E-state index contributed by atoms with van der Waals surface area (Å²) in [7, 11) is -3.61. The van der Waals surface area contributed by atoms with Crippen LogP contribution >= 0.6 is 0 Å². The molecule has 0 aliphatic carbocycles. The Kier molecular flexibility index (Phi) is 7.25. The van der Waals surface area contributed by atoms with Gasteiger partial charge in [-0.2, -0.15) is 4.31 Å². The number of hydrogen-bond acceptors (Lipinski definition) is 5. The standard InChI is InChI=1S/C29H36N4O3S/c1-21-7-8-26(17-22(21)2)30-20-25-18-23(3)33(24(25)4)29-19-27(9-10-28(29)31-11-5-6-12-31)37(34,35)32-13-15-36-16-14-32/h7-10,17-20H,5-6,11-16H2,1-4H3. The maximum atomic E-state index is 13.5. The van der Waals surface area contributed by atoms with E-state index in [0.717, 1.165) is 59.9 Å². The number of sulfonamides is 1. The molecule has 2 saturated heterocycles. The number of anilines is 1. The first kappa shape index (κ1) is 25.7. The minimum atomic E-state index is -3.61. The highest BCUT2D eigenvalue weighted by Crippen LogP contribution is 2.34. The second-order valence-corrected chi connectivity index (χ2v) is 12.0. The van der Waals surface area contributed by atoms with Crippen molar-refractivity contribution in [2.75, 3.05) is 44.3 Å². The summed E-state index contributed by atoms with van der Waals surface area (Å²) in [6.45, 7) is 11.9. The van der Waals surface area contributed by atoms with Gasteiger partial charge in [-0.1, -0.05) is 6.07 Å². The quantitative estimate of drug-likeness (QED) is 0.425. The summed E-state index contributed by atoms with van der Waals surface area (Å²) < 4.78 is 36.1. The molecule has 0 amide bonds. The van der Waals surface area contributed by atoms with Gasteiger partial charge in [-0.15, -0.1) is 0 Å². The molecule has 5 rings (SSSR count). The number of rotatable bonds is 6. The van der Waals surface area contributed by atoms with E-state index in [2.05, 4.69) is 55.4 Å². The second kappa shape index (κ2) is 10.4. The van der Waals surface area contributed by atoms with Crippen molar-refractivity contribution < 1.29 is 13.2 Å². The summed E-state index contributed by atoms with van der Waals surface area (Å²) in [5, 5.41) is 0. The van der Waals surface area contributed by atoms with E-state index >= 15 is 0 Å². The predicted molar refractivity (Wildman–Crippen MR) is 149 cm³/mol. The van der Waals surface area contributed by atoms with Gasteiger partial charge in [0.15, 0.2) is 0 Å². The minimum Gasteiger partial charge on any atom is -0.379 e. The Morgan fingerprint density at radius 1 is 0.838 bits per heavy atom. The molecule has 196 valence electrons. The number of benzene rings is 2. The van der Waals surface area contributed by atoms with E-state index in [1.54, 1.807) is 6.07 Å². The topological polar surface area (TPSA) is 67.1 Å². The molecule has 2 aliphatic heterocycles. The molecule has 0 atom stereocenters. The molecule has 0 bridgehead atoms. The largest absolute Gasteiger partial charge is 0.379 e. The fraction of sp³-hybridized carbons (Fsp3) is 0.414. The summed E-state index contributed by atoms with van der Waals surface area (Å²) in [4.78, 5) is 7.43. The zero-order valence-corrected chi connectivity index (χ0v) is 23.0. The predicted octanol–water partition coefficient (Wildman–Crippen LogP) is 5.08. The first-order valence-corrected chi connectivity index (χ1v) is 14.5. The molecule has 0 saturated carbocycles. The van der Waals surface area contributed by atoms with Crippen molar-refractivity contribution in [3.63, 3.8) is 0 Å². The zero-order chi connectivity index (χ0) is 26.2. The lowest BCUT2D eigenvalue weighted by atomic mass is 10.1. The van der Waals surface area contributed by atoms with Crippen LogP contribution in [-0.4, -0.2) is 62.9 Å². The van der Waals surface area contributed by atoms with E-state index in [1.165, 1.54) is 15.4 Å². The molecule has 7 nitrogen and oxygen atoms in total. The molecule has 2 fully saturated rings. The maximum Gasteiger partial charge on any atom is 0.243 e. The van der Waals surface area contributed by atoms with Gasteiger partial charge in [0, 0.05) is 49.3 Å². The van der Waals surface area contributed by atoms with Gasteiger partial charge < -0.3 is 14.2 Å². The number of aryl methyl sites for hydroxylation is 3. The third kappa shape index (κ3) is 5.10. The SMILES string of the molecule is Cc1ccc(N=Cc2cc(C)n(-c3cc(S(=O)(=O)N4CCOCC4)ccc3N3CCCC3)c2C)cc1C. The number of nitrogens with zero attached hydrogens (tertiary/aromatic N) is 4. The Bertz CT molecular complexity index is 1430. The summed E-state index contributed by atoms with van der Waals surface area (Å²) in [5.74, 6) is 0. The van der Waals surface area contributed by atoms with Crippen LogP contribution in [0.4, 0.5) is 11.4 Å². The van der Waals surface area contributed by atoms with Crippen molar-refractivity contribution >= 4 is 27.6 Å². The van der Waals surface area contributed by atoms with Crippen LogP contribution in [0.5, 0.6) is 0 Å². The van der Waals surface area contributed by atoms with Gasteiger partial charge in [0.05, 0.1) is 35.2 Å². The lowest BCUT2D eigenvalue weighted by Crippen LogP contribution is -2.40. The molecule has 0 N–H and O–H groups in total. The van der Waals surface area contributed by atoms with Crippen molar-refractivity contribution in [3.05, 3.63) is 70.5 Å². The van der Waals surface area contributed by atoms with E-state index in [9.17, 15) is 8.42 Å². The molecule has 0 spiro atoms. The Hall–Kier alpha value is -2.94. The van der Waals surface area contributed by atoms with Crippen molar-refractivity contribution in [1.82, 2.24) is 8.87 Å². The van der Waals surface area contributed by atoms with Crippen molar-refractivity contribution in [2.45, 2.75) is 45.4 Å². The van der Waals surface area contributed by atoms with Crippen LogP contribution in [0.15, 0.2) is 52.4 Å². The van der Waals surface area contributed by atoms with Crippen LogP contribution in [0.2, 0.25) is 0 Å². The molecule has 2 aliphatic rings. The van der Waals surface area contributed by atoms with Crippen LogP contribution in [0.3, 0.4) is 0 Å². The summed E-state index contributed by atoms with van der Waals surface area (Å²) in [6, 6.07) is 13.9. The van der Waals surface area contributed by atoms with E-state index < -0.39 is 10.0 Å². The Balaban J connectivity index is 1.57. The first-order chi connectivity index (χ1) is 17.8. The van der Waals surface area contributed by atoms with Gasteiger partial charge in [-0.05, 0) is 88.1 Å². The molecule has 37 heavy (non-hydrogen) atoms. The fourth-order valence-electron chi connectivity index (χ4n) is 5.24. The number of hydrogen-bond donors (Lipinski definition) is 0. The van der Waals surface area contributed by atoms with Crippen molar-refractivity contribution in [3.8, 4) is 5.69 Å². The first-order valence-electron chi connectivity index (χ1n) is 13.0. The Labute approximate surface area is 220 Å². The summed E-state index contributed by atoms with van der Waals surface area (Å²) >= 11 is 0. The fourth-order valence-corrected chi connectivity index (χ4v) is 6.67. The van der Waals surface area contributed by atoms with E-state index in [-0.39, 0.29) is 0 Å². The third-order valence-corrected chi connectivity index (χ3v) is 9.45. The van der Waals surface area contributed by atoms with Crippen LogP contribution in [0.1, 0.15) is 40.9 Å². The number of ether oxygens (including phenoxy) is 1. The Morgan fingerprint density at radius 2 is 1.57 bits per heavy atom. The lowest BCUT2D eigenvalue weighted by molar-refractivity contribution is 0.0730. The van der Waals surface area contributed by atoms with Gasteiger partial charge in [-0.3, -0.25) is 4.99 Å². The Morgan fingerprint density at radius 3 is 2.27 bits per heavy atom. The van der Waals surface area contributed by atoms with Crippen LogP contribution in [-0.2, 0) is 14.8 Å².